The fraction of sp³-hybridized carbons (Fsp3) is 0.833. The maximum atomic E-state index is 12.7. The van der Waals surface area contributed by atoms with Crippen LogP contribution in [0, 0.1) is 5.41 Å². The van der Waals surface area contributed by atoms with E-state index in [1.807, 2.05) is 13.8 Å². The molecule has 1 saturated carbocycles. The lowest BCUT2D eigenvalue weighted by Gasteiger charge is -2.36. The molecule has 1 aromatic heterocycles. The molecule has 3 aliphatic rings. The third kappa shape index (κ3) is 4.67. The molecule has 4 rings (SSSR count). The van der Waals surface area contributed by atoms with Crippen molar-refractivity contribution in [1.82, 2.24) is 15.1 Å². The van der Waals surface area contributed by atoms with E-state index in [4.69, 9.17) is 0 Å². The largest absolute Gasteiger partial charge is 0.435 e. The lowest BCUT2D eigenvalue weighted by molar-refractivity contribution is -0.141. The van der Waals surface area contributed by atoms with E-state index in [9.17, 15) is 21.6 Å². The lowest BCUT2D eigenvalue weighted by atomic mass is 9.91. The third-order valence-corrected chi connectivity index (χ3v) is 7.81. The molecule has 154 valence electrons. The summed E-state index contributed by atoms with van der Waals surface area (Å²) in [5.74, 6) is 1.10. The number of hydrogen-bond donors (Lipinski definition) is 1. The van der Waals surface area contributed by atoms with Crippen molar-refractivity contribution in [2.75, 3.05) is 24.6 Å². The fourth-order valence-electron chi connectivity index (χ4n) is 4.42. The molecule has 3 heterocycles. The molecular weight excluding hydrogens is 379 g/mol. The Kier molecular flexibility index (Phi) is 5.65. The molecule has 0 bridgehead atoms. The van der Waals surface area contributed by atoms with Crippen LogP contribution in [0.1, 0.15) is 69.3 Å². The van der Waals surface area contributed by atoms with Gasteiger partial charge in [-0.15, -0.1) is 0 Å². The first-order valence-electron chi connectivity index (χ1n) is 9.59. The van der Waals surface area contributed by atoms with Crippen LogP contribution in [0.5, 0.6) is 0 Å². The van der Waals surface area contributed by atoms with Crippen molar-refractivity contribution in [3.63, 3.8) is 0 Å². The zero-order valence-electron chi connectivity index (χ0n) is 15.8. The summed E-state index contributed by atoms with van der Waals surface area (Å²) in [6, 6.07) is 1.21. The van der Waals surface area contributed by atoms with E-state index in [-0.39, 0.29) is 17.4 Å². The number of aromatic nitrogens is 2. The number of halogens is 3. The van der Waals surface area contributed by atoms with Crippen LogP contribution >= 0.6 is 0 Å². The van der Waals surface area contributed by atoms with Crippen molar-refractivity contribution < 1.29 is 21.6 Å². The second-order valence-electron chi connectivity index (χ2n) is 8.43. The van der Waals surface area contributed by atoms with E-state index in [1.54, 1.807) is 4.68 Å². The van der Waals surface area contributed by atoms with Gasteiger partial charge in [-0.2, -0.15) is 18.3 Å². The number of rotatable bonds is 2. The summed E-state index contributed by atoms with van der Waals surface area (Å²) < 4.78 is 61.1. The monoisotopic (exact) mass is 407 g/mol. The van der Waals surface area contributed by atoms with Gasteiger partial charge in [-0.3, -0.25) is 4.68 Å². The van der Waals surface area contributed by atoms with Gasteiger partial charge < -0.3 is 5.32 Å². The Morgan fingerprint density at radius 2 is 1.89 bits per heavy atom. The molecule has 27 heavy (non-hydrogen) atoms. The Morgan fingerprint density at radius 3 is 2.33 bits per heavy atom. The molecular formula is C18H28F3N3O2S. The van der Waals surface area contributed by atoms with Crippen LogP contribution in [0.4, 0.5) is 13.2 Å². The van der Waals surface area contributed by atoms with Gasteiger partial charge in [-0.25, -0.2) is 8.42 Å². The number of nitrogens with one attached hydrogen (secondary N) is 1. The van der Waals surface area contributed by atoms with Gasteiger partial charge in [0.05, 0.1) is 11.5 Å². The third-order valence-electron chi connectivity index (χ3n) is 5.70. The van der Waals surface area contributed by atoms with Crippen LogP contribution in [0.2, 0.25) is 0 Å². The summed E-state index contributed by atoms with van der Waals surface area (Å²) in [7, 11) is -2.61. The highest BCUT2D eigenvalue weighted by atomic mass is 32.2. The molecule has 0 radical (unpaired) electrons. The number of nitrogens with zero attached hydrogens (tertiary/aromatic N) is 2. The average Bonchev–Trinajstić information content (AvgIpc) is 3.25. The molecule has 9 heteroatoms. The minimum absolute atomic E-state index is 0.0262. The summed E-state index contributed by atoms with van der Waals surface area (Å²) in [5, 5.41) is 6.91. The van der Waals surface area contributed by atoms with Gasteiger partial charge >= 0.3 is 6.18 Å². The molecule has 2 aliphatic heterocycles. The molecule has 0 amide bonds. The summed E-state index contributed by atoms with van der Waals surface area (Å²) in [6.07, 6.45) is 0.885. The highest BCUT2D eigenvalue weighted by molar-refractivity contribution is 7.92. The van der Waals surface area contributed by atoms with Crippen LogP contribution in [0.25, 0.3) is 0 Å². The Morgan fingerprint density at radius 1 is 1.26 bits per heavy atom. The normalized spacial score (nSPS) is 24.1. The van der Waals surface area contributed by atoms with E-state index in [2.05, 4.69) is 10.4 Å². The molecule has 1 aromatic rings. The minimum atomic E-state index is -4.34. The van der Waals surface area contributed by atoms with Gasteiger partial charge in [0.25, 0.3) is 0 Å². The zero-order chi connectivity index (χ0) is 19.9. The van der Waals surface area contributed by atoms with Gasteiger partial charge in [0, 0.05) is 29.6 Å². The quantitative estimate of drug-likeness (QED) is 0.815. The maximum Gasteiger partial charge on any atom is 0.435 e. The van der Waals surface area contributed by atoms with E-state index >= 15 is 0 Å². The first-order valence-corrected chi connectivity index (χ1v) is 11.4. The lowest BCUT2D eigenvalue weighted by Crippen LogP contribution is -2.49. The molecule has 0 aromatic carbocycles. The second kappa shape index (κ2) is 7.39. The van der Waals surface area contributed by atoms with Crippen LogP contribution in [-0.4, -0.2) is 42.8 Å². The molecule has 1 N–H and O–H groups in total. The van der Waals surface area contributed by atoms with Crippen molar-refractivity contribution >= 4 is 9.84 Å². The molecule has 1 aliphatic carbocycles. The number of hydrogen-bond acceptors (Lipinski definition) is 4. The molecule has 3 fully saturated rings. The van der Waals surface area contributed by atoms with E-state index in [0.29, 0.717) is 11.5 Å². The van der Waals surface area contributed by atoms with Crippen molar-refractivity contribution in [3.8, 4) is 0 Å². The predicted octanol–water partition coefficient (Wildman–Crippen LogP) is 3.53. The summed E-state index contributed by atoms with van der Waals surface area (Å²) >= 11 is 0. The van der Waals surface area contributed by atoms with Gasteiger partial charge in [0.1, 0.15) is 0 Å². The van der Waals surface area contributed by atoms with Crippen LogP contribution < -0.4 is 5.32 Å². The zero-order valence-corrected chi connectivity index (χ0v) is 16.7. The van der Waals surface area contributed by atoms with Crippen molar-refractivity contribution in [1.29, 1.82) is 0 Å². The van der Waals surface area contributed by atoms with Gasteiger partial charge in [0.2, 0.25) is 0 Å². The maximum absolute atomic E-state index is 12.7. The molecule has 2 saturated heterocycles. The van der Waals surface area contributed by atoms with Crippen molar-refractivity contribution in [3.05, 3.63) is 17.5 Å². The van der Waals surface area contributed by atoms with Crippen molar-refractivity contribution in [2.24, 2.45) is 5.41 Å². The molecule has 1 spiro atoms. The van der Waals surface area contributed by atoms with Crippen LogP contribution in [-0.2, 0) is 16.0 Å². The summed E-state index contributed by atoms with van der Waals surface area (Å²) in [5.41, 5.74) is 0.150. The number of alkyl halides is 3. The topological polar surface area (TPSA) is 64.0 Å². The second-order valence-corrected chi connectivity index (χ2v) is 10.5. The molecule has 0 unspecified atom stereocenters. The first-order chi connectivity index (χ1) is 12.5. The Bertz CT molecular complexity index is 745. The van der Waals surface area contributed by atoms with E-state index in [1.165, 1.54) is 6.07 Å². The van der Waals surface area contributed by atoms with Crippen LogP contribution in [0.3, 0.4) is 0 Å². The van der Waals surface area contributed by atoms with Gasteiger partial charge in [-0.05, 0) is 45.7 Å². The highest BCUT2D eigenvalue weighted by Crippen LogP contribution is 2.39. The van der Waals surface area contributed by atoms with Gasteiger partial charge in [0.15, 0.2) is 15.5 Å². The summed E-state index contributed by atoms with van der Waals surface area (Å²) in [4.78, 5) is 0. The molecule has 0 atom stereocenters. The van der Waals surface area contributed by atoms with Crippen molar-refractivity contribution in [2.45, 2.75) is 64.1 Å². The molecule has 5 nitrogen and oxygen atoms in total. The summed E-state index contributed by atoms with van der Waals surface area (Å²) in [6.45, 7) is 5.64. The first kappa shape index (κ1) is 20.6. The van der Waals surface area contributed by atoms with Gasteiger partial charge in [-0.1, -0.05) is 12.8 Å². The average molecular weight is 408 g/mol. The van der Waals surface area contributed by atoms with E-state index in [0.717, 1.165) is 50.9 Å². The predicted molar refractivity (Wildman–Crippen MR) is 97.4 cm³/mol. The smallest absolute Gasteiger partial charge is 0.316 e. The minimum Gasteiger partial charge on any atom is -0.316 e. The Balaban J connectivity index is 0.000000177. The highest BCUT2D eigenvalue weighted by Gasteiger charge is 2.49. The Labute approximate surface area is 158 Å². The fourth-order valence-corrected chi connectivity index (χ4v) is 6.69. The van der Waals surface area contributed by atoms with Crippen LogP contribution in [0.15, 0.2) is 6.07 Å². The standard InChI is InChI=1S/C12H17F3N2.C6H11NO2S/c1-8(2)17-10(9-5-3-4-6-9)7-11(16-17)12(13,14)15;8-10(9)4-6(5-10)1-2-7-3-6/h7-9H,3-6H2,1-2H3;7H,1-5H2. The number of sulfone groups is 1. The Hall–Kier alpha value is -1.09. The van der Waals surface area contributed by atoms with E-state index < -0.39 is 21.7 Å². The SMILES string of the molecule is CC(C)n1nc(C(F)(F)F)cc1C1CCCC1.O=S1(=O)CC2(CCNC2)C1.